The van der Waals surface area contributed by atoms with Crippen LogP contribution in [0.25, 0.3) is 0 Å². The Morgan fingerprint density at radius 2 is 2.00 bits per heavy atom. The number of halogens is 3. The number of aromatic nitrogens is 2. The zero-order valence-electron chi connectivity index (χ0n) is 5.61. The van der Waals surface area contributed by atoms with Gasteiger partial charge in [-0.3, -0.25) is 0 Å². The zero-order chi connectivity index (χ0) is 7.02. The van der Waals surface area contributed by atoms with Crippen molar-refractivity contribution in [2.75, 3.05) is 0 Å². The predicted octanol–water partition coefficient (Wildman–Crippen LogP) is -1.94. The number of nitrogens with zero attached hydrogens (tertiary/aromatic N) is 2. The molecule has 0 bridgehead atoms. The average molecular weight is 476 g/mol. The lowest BCUT2D eigenvalue weighted by Gasteiger charge is -1.80. The van der Waals surface area contributed by atoms with Crippen molar-refractivity contribution in [3.8, 4) is 0 Å². The smallest absolute Gasteiger partial charge is 0.245 e. The van der Waals surface area contributed by atoms with Gasteiger partial charge in [0.1, 0.15) is 0 Å². The van der Waals surface area contributed by atoms with Gasteiger partial charge in [0.25, 0.3) is 0 Å². The van der Waals surface area contributed by atoms with Crippen molar-refractivity contribution < 1.29 is 28.5 Å². The summed E-state index contributed by atoms with van der Waals surface area (Å²) in [6.07, 6.45) is 2.06. The molecule has 1 heterocycles. The molecule has 0 spiro atoms. The molecule has 0 amide bonds. The Balaban J connectivity index is 0.000000810. The molecule has 5 heteroatoms. The van der Waals surface area contributed by atoms with E-state index in [-0.39, 0.29) is 24.0 Å². The molecule has 2 nitrogen and oxygen atoms in total. The molecule has 1 aromatic heterocycles. The molecule has 1 rings (SSSR count). The van der Waals surface area contributed by atoms with Crippen LogP contribution in [0, 0.1) is 7.40 Å². The monoisotopic (exact) mass is 476 g/mol. The van der Waals surface area contributed by atoms with Crippen LogP contribution in [0.5, 0.6) is 0 Å². The summed E-state index contributed by atoms with van der Waals surface area (Å²) in [4.78, 5) is 0. The lowest BCUT2D eigenvalue weighted by Crippen LogP contribution is -3.00. The summed E-state index contributed by atoms with van der Waals surface area (Å²) in [6.45, 7) is 0. The molecule has 0 fully saturated rings. The van der Waals surface area contributed by atoms with Crippen molar-refractivity contribution in [2.45, 2.75) is 0 Å². The Labute approximate surface area is 105 Å². The van der Waals surface area contributed by atoms with Crippen molar-refractivity contribution in [2.24, 2.45) is 14.1 Å². The van der Waals surface area contributed by atoms with Crippen LogP contribution in [0.3, 0.4) is 0 Å². The maximum atomic E-state index is 2.32. The van der Waals surface area contributed by atoms with E-state index in [4.69, 9.17) is 0 Å². The fourth-order valence-electron chi connectivity index (χ4n) is 0.652. The number of hydrogen-bond donors (Lipinski definition) is 0. The van der Waals surface area contributed by atoms with Crippen molar-refractivity contribution in [1.82, 2.24) is 4.57 Å². The maximum absolute atomic E-state index is 2.32. The van der Waals surface area contributed by atoms with Gasteiger partial charge in [-0.2, -0.15) is 0 Å². The molecule has 0 saturated carbocycles. The van der Waals surface area contributed by atoms with Crippen LogP contribution in [0.1, 0.15) is 0 Å². The number of rotatable bonds is 0. The molecular formula is C5H7I3N2. The van der Waals surface area contributed by atoms with Crippen LogP contribution < -0.4 is 28.5 Å². The molecule has 0 saturated heterocycles. The van der Waals surface area contributed by atoms with E-state index in [9.17, 15) is 0 Å². The number of imidazole rings is 1. The second kappa shape index (κ2) is 4.43. The molecule has 1 aromatic rings. The SMILES string of the molecule is Cn1c[n+](C)c(I)c1I.[I-]. The van der Waals surface area contributed by atoms with Gasteiger partial charge in [-0.15, -0.1) is 0 Å². The highest BCUT2D eigenvalue weighted by Crippen LogP contribution is 2.08. The topological polar surface area (TPSA) is 8.81 Å². The lowest BCUT2D eigenvalue weighted by molar-refractivity contribution is -0.683. The number of hydrogen-bond acceptors (Lipinski definition) is 0. The van der Waals surface area contributed by atoms with Crippen LogP contribution in [0.15, 0.2) is 6.33 Å². The van der Waals surface area contributed by atoms with Crippen molar-refractivity contribution in [3.05, 3.63) is 13.7 Å². The third kappa shape index (κ3) is 2.19. The van der Waals surface area contributed by atoms with Gasteiger partial charge in [0, 0.05) is 45.2 Å². The fraction of sp³-hybridized carbons (Fsp3) is 0.400. The summed E-state index contributed by atoms with van der Waals surface area (Å²) >= 11 is 4.65. The van der Waals surface area contributed by atoms with Crippen LogP contribution in [-0.4, -0.2) is 4.57 Å². The molecule has 10 heavy (non-hydrogen) atoms. The second-order valence-electron chi connectivity index (χ2n) is 1.92. The molecule has 0 radical (unpaired) electrons. The van der Waals surface area contributed by atoms with Gasteiger partial charge in [-0.05, 0) is 0 Å². The Morgan fingerprint density at radius 3 is 2.10 bits per heavy atom. The predicted molar refractivity (Wildman–Crippen MR) is 52.0 cm³/mol. The zero-order valence-corrected chi connectivity index (χ0v) is 12.1. The van der Waals surface area contributed by atoms with Gasteiger partial charge < -0.3 is 24.0 Å². The average Bonchev–Trinajstić information content (AvgIpc) is 1.98. The minimum atomic E-state index is 0. The molecule has 0 atom stereocenters. The molecule has 0 aromatic carbocycles. The van der Waals surface area contributed by atoms with Crippen LogP contribution >= 0.6 is 45.2 Å². The van der Waals surface area contributed by atoms with E-state index in [1.54, 1.807) is 0 Å². The molecule has 0 aliphatic rings. The Kier molecular flexibility index (Phi) is 5.05. The number of aryl methyl sites for hydroxylation is 2. The van der Waals surface area contributed by atoms with E-state index >= 15 is 0 Å². The summed E-state index contributed by atoms with van der Waals surface area (Å²) in [6, 6.07) is 0. The minimum absolute atomic E-state index is 0. The fourth-order valence-corrected chi connectivity index (χ4v) is 1.66. The highest BCUT2D eigenvalue weighted by atomic mass is 127. The normalized spacial score (nSPS) is 9.20. The first-order valence-corrected chi connectivity index (χ1v) is 4.64. The van der Waals surface area contributed by atoms with E-state index < -0.39 is 0 Å². The van der Waals surface area contributed by atoms with Gasteiger partial charge in [0.05, 0.1) is 14.1 Å². The third-order valence-corrected chi connectivity index (χ3v) is 4.71. The molecule has 0 N–H and O–H groups in total. The molecule has 58 valence electrons. The summed E-state index contributed by atoms with van der Waals surface area (Å²) in [5, 5.41) is 0. The Morgan fingerprint density at radius 1 is 1.50 bits per heavy atom. The third-order valence-electron chi connectivity index (χ3n) is 1.14. The highest BCUT2D eigenvalue weighted by Gasteiger charge is 2.11. The van der Waals surface area contributed by atoms with Gasteiger partial charge >= 0.3 is 0 Å². The quantitative estimate of drug-likeness (QED) is 0.305. The first-order chi connectivity index (χ1) is 4.13. The van der Waals surface area contributed by atoms with E-state index in [0.717, 1.165) is 0 Å². The first-order valence-electron chi connectivity index (χ1n) is 2.49. The van der Waals surface area contributed by atoms with E-state index in [1.165, 1.54) is 7.40 Å². The van der Waals surface area contributed by atoms with E-state index in [0.29, 0.717) is 0 Å². The molecule has 0 unspecified atom stereocenters. The molecular weight excluding hydrogens is 469 g/mol. The summed E-state index contributed by atoms with van der Waals surface area (Å²) in [7, 11) is 4.09. The van der Waals surface area contributed by atoms with Crippen LogP contribution in [-0.2, 0) is 14.1 Å². The van der Waals surface area contributed by atoms with Crippen LogP contribution in [0.4, 0.5) is 0 Å². The molecule has 0 aliphatic heterocycles. The summed E-state index contributed by atoms with van der Waals surface area (Å²) in [5.74, 6) is 0. The van der Waals surface area contributed by atoms with Crippen molar-refractivity contribution in [3.63, 3.8) is 0 Å². The van der Waals surface area contributed by atoms with Gasteiger partial charge in [-0.25, -0.2) is 9.13 Å². The van der Waals surface area contributed by atoms with Crippen molar-refractivity contribution >= 4 is 45.2 Å². The maximum Gasteiger partial charge on any atom is 0.245 e. The van der Waals surface area contributed by atoms with Gasteiger partial charge in [0.2, 0.25) is 13.7 Å². The largest absolute Gasteiger partial charge is 1.00 e. The standard InChI is InChI=1S/C5H7I2N2.HI/c1-8-3-9(2)5(7)4(8)6;/h3H,1-2H3;1H/q+1;/p-1. The molecule has 0 aliphatic carbocycles. The van der Waals surface area contributed by atoms with Gasteiger partial charge in [-0.1, -0.05) is 0 Å². The minimum Gasteiger partial charge on any atom is -1.00 e. The summed E-state index contributed by atoms with van der Waals surface area (Å²) < 4.78 is 6.77. The summed E-state index contributed by atoms with van der Waals surface area (Å²) in [5.41, 5.74) is 0. The Bertz CT molecular complexity index is 209. The first kappa shape index (κ1) is 11.4. The highest BCUT2D eigenvalue weighted by molar-refractivity contribution is 14.1. The van der Waals surface area contributed by atoms with Gasteiger partial charge in [0.15, 0.2) is 0 Å². The van der Waals surface area contributed by atoms with E-state index in [2.05, 4.69) is 60.6 Å². The van der Waals surface area contributed by atoms with Crippen molar-refractivity contribution in [1.29, 1.82) is 0 Å². The van der Waals surface area contributed by atoms with Crippen LogP contribution in [0.2, 0.25) is 0 Å². The second-order valence-corrected chi connectivity index (χ2v) is 3.96. The lowest BCUT2D eigenvalue weighted by atomic mass is 10.9. The Hall–Kier alpha value is 1.40. The van der Waals surface area contributed by atoms with E-state index in [1.807, 2.05) is 14.1 Å².